The van der Waals surface area contributed by atoms with E-state index in [1.165, 1.54) is 44.9 Å². The van der Waals surface area contributed by atoms with Gasteiger partial charge < -0.3 is 14.2 Å². The maximum absolute atomic E-state index is 12.7. The second kappa shape index (κ2) is 47.3. The minimum atomic E-state index is -0.787. The molecule has 0 saturated carbocycles. The molecule has 6 heteroatoms. The quantitative estimate of drug-likeness (QED) is 0.0264. The highest BCUT2D eigenvalue weighted by Crippen LogP contribution is 2.13. The molecule has 1 unspecified atom stereocenters. The number of carbonyl (C=O) groups excluding carboxylic acids is 3. The molecule has 0 radical (unpaired) electrons. The van der Waals surface area contributed by atoms with Gasteiger partial charge in [-0.05, 0) is 89.9 Å². The molecule has 0 rings (SSSR count). The summed E-state index contributed by atoms with van der Waals surface area (Å²) in [5.74, 6) is -0.936. The summed E-state index contributed by atoms with van der Waals surface area (Å²) < 4.78 is 16.6. The fourth-order valence-electron chi connectivity index (χ4n) is 6.27. The average Bonchev–Trinajstić information content (AvgIpc) is 3.23. The summed E-state index contributed by atoms with van der Waals surface area (Å²) in [6.45, 7) is 6.38. The highest BCUT2D eigenvalue weighted by Gasteiger charge is 2.19. The molecule has 6 nitrogen and oxygen atoms in total. The maximum atomic E-state index is 12.7. The molecule has 0 amide bonds. The van der Waals surface area contributed by atoms with Crippen molar-refractivity contribution in [3.63, 3.8) is 0 Å². The summed E-state index contributed by atoms with van der Waals surface area (Å²) >= 11 is 0. The van der Waals surface area contributed by atoms with Crippen LogP contribution >= 0.6 is 0 Å². The van der Waals surface area contributed by atoms with E-state index in [9.17, 15) is 14.4 Å². The topological polar surface area (TPSA) is 78.9 Å². The zero-order chi connectivity index (χ0) is 43.0. The summed E-state index contributed by atoms with van der Waals surface area (Å²) in [5.41, 5.74) is 0. The number of rotatable bonds is 42. The van der Waals surface area contributed by atoms with Gasteiger partial charge in [0.15, 0.2) is 6.10 Å². The van der Waals surface area contributed by atoms with Crippen LogP contribution in [0.2, 0.25) is 0 Å². The summed E-state index contributed by atoms with van der Waals surface area (Å²) in [6, 6.07) is 0. The molecular formula is C53H88O6. The Labute approximate surface area is 363 Å². The molecular weight excluding hydrogens is 733 g/mol. The number of esters is 3. The predicted molar refractivity (Wildman–Crippen MR) is 251 cm³/mol. The van der Waals surface area contributed by atoms with Crippen molar-refractivity contribution in [3.8, 4) is 0 Å². The second-order valence-corrected chi connectivity index (χ2v) is 15.6. The van der Waals surface area contributed by atoms with E-state index >= 15 is 0 Å². The molecule has 0 fully saturated rings. The molecule has 0 bridgehead atoms. The number of unbranched alkanes of at least 4 members (excludes halogenated alkanes) is 17. The molecule has 0 N–H and O–H groups in total. The summed E-state index contributed by atoms with van der Waals surface area (Å²) in [5, 5.41) is 0. The van der Waals surface area contributed by atoms with E-state index < -0.39 is 6.10 Å². The van der Waals surface area contributed by atoms with Crippen molar-refractivity contribution >= 4 is 17.9 Å². The van der Waals surface area contributed by atoms with Crippen LogP contribution in [0.3, 0.4) is 0 Å². The number of ether oxygens (including phenoxy) is 3. The van der Waals surface area contributed by atoms with Gasteiger partial charge in [-0.25, -0.2) is 0 Å². The molecule has 0 aliphatic carbocycles. The Balaban J connectivity index is 4.30. The van der Waals surface area contributed by atoms with E-state index in [-0.39, 0.29) is 31.1 Å². The first kappa shape index (κ1) is 55.6. The SMILES string of the molecule is CC/C=C\C/C=C\C/C=C\C/C=C\C/C=C\C/C=C\CCCCCCC(=O)OCC(COC(=O)CCCCCCCCCC)OC(=O)CCCCCCC/C=C\CCC. The second-order valence-electron chi connectivity index (χ2n) is 15.6. The van der Waals surface area contributed by atoms with E-state index in [1.807, 2.05) is 0 Å². The first-order valence-electron chi connectivity index (χ1n) is 24.1. The van der Waals surface area contributed by atoms with Crippen molar-refractivity contribution in [1.82, 2.24) is 0 Å². The van der Waals surface area contributed by atoms with E-state index in [2.05, 4.69) is 106 Å². The molecule has 1 atom stereocenters. The zero-order valence-electron chi connectivity index (χ0n) is 38.2. The third kappa shape index (κ3) is 45.5. The smallest absolute Gasteiger partial charge is 0.306 e. The predicted octanol–water partition coefficient (Wildman–Crippen LogP) is 15.6. The average molecular weight is 821 g/mol. The molecule has 336 valence electrons. The van der Waals surface area contributed by atoms with Crippen LogP contribution in [0, 0.1) is 0 Å². The highest BCUT2D eigenvalue weighted by atomic mass is 16.6. The van der Waals surface area contributed by atoms with Gasteiger partial charge in [-0.3, -0.25) is 14.4 Å². The standard InChI is InChI=1S/C53H88O6/c1-4-7-10-13-16-19-21-22-23-24-25-26-27-28-29-30-31-32-33-35-37-40-43-46-52(55)58-49-50(48-57-51(54)45-42-39-36-18-15-12-9-6-3)59-53(56)47-44-41-38-34-20-17-14-11-8-5-2/h7,10-11,14,16,19,22-23,25-26,28-29,31-32,50H,4-6,8-9,12-13,15,17-18,20-21,24,27,30,33-49H2,1-3H3/b10-7-,14-11-,19-16-,23-22-,26-25-,29-28-,32-31-. The van der Waals surface area contributed by atoms with Crippen LogP contribution in [0.5, 0.6) is 0 Å². The van der Waals surface area contributed by atoms with Gasteiger partial charge in [0.25, 0.3) is 0 Å². The molecule has 0 aliphatic rings. The Morgan fingerprint density at radius 3 is 1.12 bits per heavy atom. The minimum absolute atomic E-state index is 0.0883. The maximum Gasteiger partial charge on any atom is 0.306 e. The lowest BCUT2D eigenvalue weighted by Gasteiger charge is -2.18. The van der Waals surface area contributed by atoms with Crippen LogP contribution in [-0.4, -0.2) is 37.2 Å². The van der Waals surface area contributed by atoms with E-state index in [0.29, 0.717) is 19.3 Å². The van der Waals surface area contributed by atoms with Crippen LogP contribution in [0.4, 0.5) is 0 Å². The van der Waals surface area contributed by atoms with Crippen LogP contribution in [-0.2, 0) is 28.6 Å². The fourth-order valence-corrected chi connectivity index (χ4v) is 6.27. The molecule has 0 aromatic heterocycles. The van der Waals surface area contributed by atoms with Gasteiger partial charge in [0, 0.05) is 19.3 Å². The highest BCUT2D eigenvalue weighted by molar-refractivity contribution is 5.71. The molecule has 0 aromatic carbocycles. The minimum Gasteiger partial charge on any atom is -0.462 e. The van der Waals surface area contributed by atoms with Gasteiger partial charge >= 0.3 is 17.9 Å². The summed E-state index contributed by atoms with van der Waals surface area (Å²) in [6.07, 6.45) is 60.1. The Morgan fingerprint density at radius 2 is 0.695 bits per heavy atom. The van der Waals surface area contributed by atoms with Crippen LogP contribution in [0.15, 0.2) is 85.1 Å². The van der Waals surface area contributed by atoms with Crippen molar-refractivity contribution in [2.45, 2.75) is 219 Å². The molecule has 0 aliphatic heterocycles. The van der Waals surface area contributed by atoms with Gasteiger partial charge in [-0.1, -0.05) is 189 Å². The van der Waals surface area contributed by atoms with Gasteiger partial charge in [0.1, 0.15) is 13.2 Å². The zero-order valence-corrected chi connectivity index (χ0v) is 38.2. The first-order valence-corrected chi connectivity index (χ1v) is 24.1. The molecule has 0 heterocycles. The number of hydrogen-bond donors (Lipinski definition) is 0. The van der Waals surface area contributed by atoms with Crippen molar-refractivity contribution in [2.75, 3.05) is 13.2 Å². The van der Waals surface area contributed by atoms with Gasteiger partial charge in [0.2, 0.25) is 0 Å². The lowest BCUT2D eigenvalue weighted by atomic mass is 10.1. The van der Waals surface area contributed by atoms with E-state index in [4.69, 9.17) is 14.2 Å². The third-order valence-corrected chi connectivity index (χ3v) is 9.86. The van der Waals surface area contributed by atoms with Gasteiger partial charge in [0.05, 0.1) is 0 Å². The summed E-state index contributed by atoms with van der Waals surface area (Å²) in [4.78, 5) is 37.7. The van der Waals surface area contributed by atoms with E-state index in [1.54, 1.807) is 0 Å². The monoisotopic (exact) mass is 821 g/mol. The summed E-state index contributed by atoms with van der Waals surface area (Å²) in [7, 11) is 0. The van der Waals surface area contributed by atoms with Crippen LogP contribution in [0.1, 0.15) is 213 Å². The van der Waals surface area contributed by atoms with Gasteiger partial charge in [-0.15, -0.1) is 0 Å². The Kier molecular flexibility index (Phi) is 44.5. The van der Waals surface area contributed by atoms with Crippen molar-refractivity contribution < 1.29 is 28.6 Å². The molecule has 0 saturated heterocycles. The lowest BCUT2D eigenvalue weighted by Crippen LogP contribution is -2.30. The van der Waals surface area contributed by atoms with Crippen molar-refractivity contribution in [2.24, 2.45) is 0 Å². The number of hydrogen-bond acceptors (Lipinski definition) is 6. The van der Waals surface area contributed by atoms with Crippen molar-refractivity contribution in [1.29, 1.82) is 0 Å². The van der Waals surface area contributed by atoms with E-state index in [0.717, 1.165) is 128 Å². The fraction of sp³-hybridized carbons (Fsp3) is 0.679. The molecule has 59 heavy (non-hydrogen) atoms. The number of allylic oxidation sites excluding steroid dienone is 14. The van der Waals surface area contributed by atoms with Gasteiger partial charge in [-0.2, -0.15) is 0 Å². The largest absolute Gasteiger partial charge is 0.462 e. The normalized spacial score (nSPS) is 12.8. The lowest BCUT2D eigenvalue weighted by molar-refractivity contribution is -0.167. The Morgan fingerprint density at radius 1 is 0.356 bits per heavy atom. The molecule has 0 spiro atoms. The Hall–Kier alpha value is -3.41. The van der Waals surface area contributed by atoms with Crippen LogP contribution in [0.25, 0.3) is 0 Å². The third-order valence-electron chi connectivity index (χ3n) is 9.86. The van der Waals surface area contributed by atoms with Crippen molar-refractivity contribution in [3.05, 3.63) is 85.1 Å². The van der Waals surface area contributed by atoms with Crippen LogP contribution < -0.4 is 0 Å². The molecule has 0 aromatic rings. The Bertz CT molecular complexity index is 1170. The number of carbonyl (C=O) groups is 3. The first-order chi connectivity index (χ1) is 29.0.